The molecule has 0 aliphatic rings. The van der Waals surface area contributed by atoms with Gasteiger partial charge < -0.3 is 21.3 Å². The molecule has 0 aliphatic carbocycles. The minimum Gasteiger partial charge on any atom is -0.383 e. The second-order valence-corrected chi connectivity index (χ2v) is 9.45. The lowest BCUT2D eigenvalue weighted by Gasteiger charge is -2.22. The van der Waals surface area contributed by atoms with Crippen molar-refractivity contribution in [3.8, 4) is 11.4 Å². The molecular weight excluding hydrogens is 479 g/mol. The van der Waals surface area contributed by atoms with E-state index in [9.17, 15) is 22.8 Å². The third-order valence-corrected chi connectivity index (χ3v) is 5.68. The molecule has 1 atom stereocenters. The van der Waals surface area contributed by atoms with Gasteiger partial charge in [-0.05, 0) is 32.4 Å². The summed E-state index contributed by atoms with van der Waals surface area (Å²) in [6.45, 7) is 8.09. The predicted molar refractivity (Wildman–Crippen MR) is 126 cm³/mol. The standard InChI is InChI=1S/C23H28F3N7O3/c1-11(2)33-19(27)17(20(28)34)18(31-33)14-7-6-13(9-29-14)12(3)21(35)30-16-8-15(36-32-16)22(4,5)10-23(24,25)26/h6-9,11-12H,10,27H2,1-5H3,(H2,28,34)(H,30,32,35). The average Bonchev–Trinajstić information content (AvgIpc) is 3.36. The monoisotopic (exact) mass is 507 g/mol. The van der Waals surface area contributed by atoms with E-state index in [1.165, 1.54) is 30.8 Å². The first-order valence-electron chi connectivity index (χ1n) is 11.1. The summed E-state index contributed by atoms with van der Waals surface area (Å²) in [4.78, 5) is 29.0. The van der Waals surface area contributed by atoms with Gasteiger partial charge in [-0.2, -0.15) is 18.3 Å². The molecule has 0 saturated heterocycles. The zero-order valence-electron chi connectivity index (χ0n) is 20.5. The lowest BCUT2D eigenvalue weighted by atomic mass is 9.86. The fourth-order valence-electron chi connectivity index (χ4n) is 3.69. The van der Waals surface area contributed by atoms with Crippen LogP contribution in [0.1, 0.15) is 74.7 Å². The van der Waals surface area contributed by atoms with Gasteiger partial charge in [-0.25, -0.2) is 4.68 Å². The number of nitrogens with one attached hydrogen (secondary N) is 1. The molecule has 0 saturated carbocycles. The molecule has 194 valence electrons. The van der Waals surface area contributed by atoms with Crippen LogP contribution in [0.3, 0.4) is 0 Å². The highest BCUT2D eigenvalue weighted by Crippen LogP contribution is 2.37. The van der Waals surface area contributed by atoms with E-state index in [0.29, 0.717) is 11.3 Å². The molecule has 1 unspecified atom stereocenters. The fraction of sp³-hybridized carbons (Fsp3) is 0.435. The van der Waals surface area contributed by atoms with E-state index in [0.717, 1.165) is 0 Å². The number of carbonyl (C=O) groups excluding carboxylic acids is 2. The van der Waals surface area contributed by atoms with Crippen molar-refractivity contribution in [3.05, 3.63) is 41.3 Å². The van der Waals surface area contributed by atoms with Gasteiger partial charge in [0.2, 0.25) is 5.91 Å². The van der Waals surface area contributed by atoms with E-state index in [1.54, 1.807) is 19.1 Å². The van der Waals surface area contributed by atoms with Gasteiger partial charge in [0, 0.05) is 23.7 Å². The summed E-state index contributed by atoms with van der Waals surface area (Å²) in [5.74, 6) is -1.76. The summed E-state index contributed by atoms with van der Waals surface area (Å²) < 4.78 is 45.0. The number of alkyl halides is 3. The van der Waals surface area contributed by atoms with Crippen LogP contribution < -0.4 is 16.8 Å². The van der Waals surface area contributed by atoms with Gasteiger partial charge in [0.1, 0.15) is 22.8 Å². The van der Waals surface area contributed by atoms with Crippen molar-refractivity contribution in [2.24, 2.45) is 5.73 Å². The fourth-order valence-corrected chi connectivity index (χ4v) is 3.69. The van der Waals surface area contributed by atoms with Crippen LogP contribution >= 0.6 is 0 Å². The van der Waals surface area contributed by atoms with E-state index < -0.39 is 35.7 Å². The van der Waals surface area contributed by atoms with Crippen LogP contribution in [0, 0.1) is 0 Å². The summed E-state index contributed by atoms with van der Waals surface area (Å²) >= 11 is 0. The molecular formula is C23H28F3N7O3. The molecule has 3 heterocycles. The van der Waals surface area contributed by atoms with E-state index in [1.807, 2.05) is 13.8 Å². The largest absolute Gasteiger partial charge is 0.390 e. The van der Waals surface area contributed by atoms with Crippen LogP contribution in [0.25, 0.3) is 11.4 Å². The maximum atomic E-state index is 12.8. The van der Waals surface area contributed by atoms with Crippen LogP contribution in [-0.4, -0.2) is 37.9 Å². The zero-order chi connectivity index (χ0) is 27.0. The average molecular weight is 508 g/mol. The molecule has 0 spiro atoms. The second kappa shape index (κ2) is 9.63. The Morgan fingerprint density at radius 1 is 1.19 bits per heavy atom. The van der Waals surface area contributed by atoms with Crippen molar-refractivity contribution < 1.29 is 27.3 Å². The number of hydrogen-bond acceptors (Lipinski definition) is 7. The normalized spacial score (nSPS) is 13.1. The first kappa shape index (κ1) is 26.7. The molecule has 0 fully saturated rings. The maximum absolute atomic E-state index is 12.8. The number of hydrogen-bond donors (Lipinski definition) is 3. The highest BCUT2D eigenvalue weighted by atomic mass is 19.4. The maximum Gasteiger partial charge on any atom is 0.390 e. The molecule has 13 heteroatoms. The number of pyridine rings is 1. The van der Waals surface area contributed by atoms with Crippen molar-refractivity contribution >= 4 is 23.5 Å². The highest BCUT2D eigenvalue weighted by Gasteiger charge is 2.40. The van der Waals surface area contributed by atoms with Gasteiger partial charge in [0.25, 0.3) is 5.91 Å². The Bertz CT molecular complexity index is 1260. The van der Waals surface area contributed by atoms with E-state index in [-0.39, 0.29) is 34.7 Å². The lowest BCUT2D eigenvalue weighted by molar-refractivity contribution is -0.147. The second-order valence-electron chi connectivity index (χ2n) is 9.45. The number of nitrogens with two attached hydrogens (primary N) is 2. The minimum atomic E-state index is -4.38. The molecule has 3 aromatic rings. The molecule has 2 amide bonds. The summed E-state index contributed by atoms with van der Waals surface area (Å²) in [5.41, 5.74) is 11.4. The Balaban J connectivity index is 1.77. The molecule has 0 aliphatic heterocycles. The Labute approximate surface area is 205 Å². The van der Waals surface area contributed by atoms with Crippen LogP contribution in [0.4, 0.5) is 24.8 Å². The Morgan fingerprint density at radius 3 is 2.39 bits per heavy atom. The van der Waals surface area contributed by atoms with Crippen LogP contribution in [-0.2, 0) is 10.2 Å². The summed E-state index contributed by atoms with van der Waals surface area (Å²) in [7, 11) is 0. The number of carbonyl (C=O) groups is 2. The number of anilines is 2. The third-order valence-electron chi connectivity index (χ3n) is 5.68. The minimum absolute atomic E-state index is 0.000777. The molecule has 0 bridgehead atoms. The number of aromatic nitrogens is 4. The Morgan fingerprint density at radius 2 is 1.86 bits per heavy atom. The van der Waals surface area contributed by atoms with Crippen molar-refractivity contribution in [2.45, 2.75) is 64.6 Å². The molecule has 3 rings (SSSR count). The van der Waals surface area contributed by atoms with Crippen molar-refractivity contribution in [3.63, 3.8) is 0 Å². The SMILES string of the molecule is CC(C(=O)Nc1cc(C(C)(C)CC(F)(F)F)on1)c1ccc(-c2nn(C(C)C)c(N)c2C(N)=O)nc1. The summed E-state index contributed by atoms with van der Waals surface area (Å²) in [6, 6.07) is 4.39. The molecule has 0 aromatic carbocycles. The summed E-state index contributed by atoms with van der Waals surface area (Å²) in [6.07, 6.45) is -4.03. The van der Waals surface area contributed by atoms with Crippen LogP contribution in [0.5, 0.6) is 0 Å². The van der Waals surface area contributed by atoms with Crippen molar-refractivity contribution in [1.82, 2.24) is 19.9 Å². The first-order chi connectivity index (χ1) is 16.6. The van der Waals surface area contributed by atoms with Gasteiger partial charge in [-0.3, -0.25) is 14.6 Å². The van der Waals surface area contributed by atoms with E-state index in [2.05, 4.69) is 20.6 Å². The van der Waals surface area contributed by atoms with E-state index in [4.69, 9.17) is 16.0 Å². The van der Waals surface area contributed by atoms with Gasteiger partial charge in [0.15, 0.2) is 5.82 Å². The topological polar surface area (TPSA) is 155 Å². The van der Waals surface area contributed by atoms with Crippen LogP contribution in [0.15, 0.2) is 28.9 Å². The van der Waals surface area contributed by atoms with E-state index >= 15 is 0 Å². The van der Waals surface area contributed by atoms with Gasteiger partial charge >= 0.3 is 6.18 Å². The summed E-state index contributed by atoms with van der Waals surface area (Å²) in [5, 5.41) is 10.6. The molecule has 0 radical (unpaired) electrons. The lowest BCUT2D eigenvalue weighted by Crippen LogP contribution is -2.25. The molecule has 5 N–H and O–H groups in total. The van der Waals surface area contributed by atoms with Gasteiger partial charge in [0.05, 0.1) is 18.0 Å². The number of nitrogen functional groups attached to an aromatic ring is 1. The van der Waals surface area contributed by atoms with Crippen molar-refractivity contribution in [1.29, 1.82) is 0 Å². The van der Waals surface area contributed by atoms with Gasteiger partial charge in [-0.1, -0.05) is 25.1 Å². The number of nitrogens with zero attached hydrogens (tertiary/aromatic N) is 4. The smallest absolute Gasteiger partial charge is 0.383 e. The highest BCUT2D eigenvalue weighted by molar-refractivity contribution is 6.03. The van der Waals surface area contributed by atoms with Crippen LogP contribution in [0.2, 0.25) is 0 Å². The van der Waals surface area contributed by atoms with Gasteiger partial charge in [-0.15, -0.1) is 0 Å². The molecule has 36 heavy (non-hydrogen) atoms. The number of amides is 2. The Kier molecular flexibility index (Phi) is 7.14. The quantitative estimate of drug-likeness (QED) is 0.413. The molecule has 10 nitrogen and oxygen atoms in total. The zero-order valence-corrected chi connectivity index (χ0v) is 20.5. The number of halogens is 3. The molecule has 3 aromatic heterocycles. The first-order valence-corrected chi connectivity index (χ1v) is 11.1. The number of primary amides is 1. The Hall–Kier alpha value is -3.90. The van der Waals surface area contributed by atoms with Crippen molar-refractivity contribution in [2.75, 3.05) is 11.1 Å². The number of rotatable bonds is 8. The third kappa shape index (κ3) is 5.66. The predicted octanol–water partition coefficient (Wildman–Crippen LogP) is 4.17.